The molecule has 1 amide bonds. The van der Waals surface area contributed by atoms with Crippen LogP contribution in [0.2, 0.25) is 0 Å². The van der Waals surface area contributed by atoms with Crippen molar-refractivity contribution in [3.63, 3.8) is 0 Å². The number of hydrogen-bond donors (Lipinski definition) is 3. The standard InChI is InChI=1S/C24H18FN5O3/c1-2-30-20-10-5-14(11-19(20)29-23(32)24(30)33)22(31)26-16-8-9-17-18(12-16)28-21(27-17)13-3-6-15(25)7-4-13/h3-12H,2H2,1H3,(H,26,31)(H,27,28)(H,29,32). The first-order chi connectivity index (χ1) is 15.9. The maximum atomic E-state index is 13.2. The highest BCUT2D eigenvalue weighted by Gasteiger charge is 2.12. The molecule has 0 bridgehead atoms. The van der Waals surface area contributed by atoms with E-state index in [1.54, 1.807) is 55.5 Å². The van der Waals surface area contributed by atoms with E-state index in [4.69, 9.17) is 0 Å². The van der Waals surface area contributed by atoms with Gasteiger partial charge in [-0.3, -0.25) is 14.4 Å². The van der Waals surface area contributed by atoms with Crippen LogP contribution in [0.1, 0.15) is 17.3 Å². The molecule has 0 aliphatic heterocycles. The molecule has 0 saturated heterocycles. The fourth-order valence-corrected chi connectivity index (χ4v) is 3.77. The number of fused-ring (bicyclic) bond motifs is 2. The molecule has 0 aliphatic rings. The number of anilines is 1. The van der Waals surface area contributed by atoms with Gasteiger partial charge in [0.05, 0.1) is 22.1 Å². The lowest BCUT2D eigenvalue weighted by Crippen LogP contribution is -2.36. The number of halogens is 1. The minimum absolute atomic E-state index is 0.324. The van der Waals surface area contributed by atoms with Crippen LogP contribution in [0.4, 0.5) is 10.1 Å². The molecule has 0 fully saturated rings. The molecule has 0 atom stereocenters. The smallest absolute Gasteiger partial charge is 0.316 e. The molecule has 9 heteroatoms. The number of rotatable bonds is 4. The van der Waals surface area contributed by atoms with Gasteiger partial charge in [-0.15, -0.1) is 0 Å². The summed E-state index contributed by atoms with van der Waals surface area (Å²) in [4.78, 5) is 47.0. The Kier molecular flexibility index (Phi) is 4.86. The Morgan fingerprint density at radius 1 is 1.00 bits per heavy atom. The van der Waals surface area contributed by atoms with E-state index in [-0.39, 0.29) is 11.7 Å². The molecule has 0 radical (unpaired) electrons. The van der Waals surface area contributed by atoms with Gasteiger partial charge in [0.15, 0.2) is 0 Å². The predicted molar refractivity (Wildman–Crippen MR) is 124 cm³/mol. The number of imidazole rings is 1. The average Bonchev–Trinajstić information content (AvgIpc) is 3.23. The maximum Gasteiger partial charge on any atom is 0.316 e. The summed E-state index contributed by atoms with van der Waals surface area (Å²) in [5, 5.41) is 2.83. The van der Waals surface area contributed by atoms with Crippen molar-refractivity contribution in [3.8, 4) is 11.4 Å². The number of carbonyl (C=O) groups is 1. The maximum absolute atomic E-state index is 13.2. The second kappa shape index (κ2) is 7.86. The molecule has 2 heterocycles. The summed E-state index contributed by atoms with van der Waals surface area (Å²) < 4.78 is 14.5. The number of nitrogens with one attached hydrogen (secondary N) is 3. The average molecular weight is 443 g/mol. The Balaban J connectivity index is 1.44. The normalized spacial score (nSPS) is 11.2. The Morgan fingerprint density at radius 2 is 1.79 bits per heavy atom. The first kappa shape index (κ1) is 20.4. The lowest BCUT2D eigenvalue weighted by Gasteiger charge is -2.09. The first-order valence-electron chi connectivity index (χ1n) is 10.3. The van der Waals surface area contributed by atoms with Gasteiger partial charge in [-0.2, -0.15) is 0 Å². The van der Waals surface area contributed by atoms with Gasteiger partial charge in [-0.25, -0.2) is 9.37 Å². The van der Waals surface area contributed by atoms with E-state index in [1.807, 2.05) is 0 Å². The van der Waals surface area contributed by atoms with E-state index in [9.17, 15) is 18.8 Å². The van der Waals surface area contributed by atoms with Crippen molar-refractivity contribution in [2.45, 2.75) is 13.5 Å². The number of aryl methyl sites for hydroxylation is 1. The van der Waals surface area contributed by atoms with E-state index < -0.39 is 11.1 Å². The van der Waals surface area contributed by atoms with Gasteiger partial charge in [0.1, 0.15) is 11.6 Å². The predicted octanol–water partition coefficient (Wildman–Crippen LogP) is 3.64. The van der Waals surface area contributed by atoms with Crippen LogP contribution in [0.15, 0.2) is 70.3 Å². The first-order valence-corrected chi connectivity index (χ1v) is 10.3. The number of aromatic amines is 2. The van der Waals surface area contributed by atoms with Crippen LogP contribution in [-0.2, 0) is 6.54 Å². The third-order valence-electron chi connectivity index (χ3n) is 5.41. The van der Waals surface area contributed by atoms with Gasteiger partial charge in [0.25, 0.3) is 5.91 Å². The van der Waals surface area contributed by atoms with Crippen LogP contribution in [0.3, 0.4) is 0 Å². The molecule has 5 aromatic rings. The highest BCUT2D eigenvalue weighted by atomic mass is 19.1. The van der Waals surface area contributed by atoms with Gasteiger partial charge in [0.2, 0.25) is 0 Å². The summed E-state index contributed by atoms with van der Waals surface area (Å²) in [5.41, 5.74) is 2.63. The summed E-state index contributed by atoms with van der Waals surface area (Å²) >= 11 is 0. The number of amides is 1. The van der Waals surface area contributed by atoms with Crippen molar-refractivity contribution in [2.24, 2.45) is 0 Å². The molecule has 33 heavy (non-hydrogen) atoms. The lowest BCUT2D eigenvalue weighted by molar-refractivity contribution is 0.102. The fraction of sp³-hybridized carbons (Fsp3) is 0.0833. The van der Waals surface area contributed by atoms with Crippen molar-refractivity contribution in [3.05, 3.63) is 92.8 Å². The molecule has 0 aliphatic carbocycles. The van der Waals surface area contributed by atoms with E-state index in [1.165, 1.54) is 16.7 Å². The van der Waals surface area contributed by atoms with Crippen LogP contribution < -0.4 is 16.4 Å². The minimum atomic E-state index is -0.733. The highest BCUT2D eigenvalue weighted by molar-refractivity contribution is 6.06. The van der Waals surface area contributed by atoms with Gasteiger partial charge in [0, 0.05) is 23.4 Å². The molecular formula is C24H18FN5O3. The second-order valence-electron chi connectivity index (χ2n) is 7.51. The molecule has 0 unspecified atom stereocenters. The molecule has 8 nitrogen and oxygen atoms in total. The minimum Gasteiger partial charge on any atom is -0.338 e. The molecule has 3 aromatic carbocycles. The topological polar surface area (TPSA) is 113 Å². The molecule has 164 valence electrons. The Bertz CT molecular complexity index is 1650. The van der Waals surface area contributed by atoms with Crippen molar-refractivity contribution in [2.75, 3.05) is 5.32 Å². The van der Waals surface area contributed by atoms with Crippen LogP contribution in [0, 0.1) is 5.82 Å². The number of carbonyl (C=O) groups excluding carboxylic acids is 1. The molecule has 0 saturated carbocycles. The van der Waals surface area contributed by atoms with Gasteiger partial charge in [-0.05, 0) is 67.6 Å². The fourth-order valence-electron chi connectivity index (χ4n) is 3.77. The van der Waals surface area contributed by atoms with E-state index in [2.05, 4.69) is 20.3 Å². The number of H-pyrrole nitrogens is 2. The van der Waals surface area contributed by atoms with Crippen molar-refractivity contribution in [1.82, 2.24) is 19.5 Å². The zero-order valence-corrected chi connectivity index (χ0v) is 17.5. The number of nitrogens with zero attached hydrogens (tertiary/aromatic N) is 2. The Labute approximate surface area is 185 Å². The largest absolute Gasteiger partial charge is 0.338 e. The van der Waals surface area contributed by atoms with Crippen molar-refractivity contribution >= 4 is 33.7 Å². The summed E-state index contributed by atoms with van der Waals surface area (Å²) in [7, 11) is 0. The molecule has 3 N–H and O–H groups in total. The quantitative estimate of drug-likeness (QED) is 0.368. The zero-order valence-electron chi connectivity index (χ0n) is 17.5. The van der Waals surface area contributed by atoms with E-state index >= 15 is 0 Å². The number of aromatic nitrogens is 4. The molecule has 0 spiro atoms. The third-order valence-corrected chi connectivity index (χ3v) is 5.41. The van der Waals surface area contributed by atoms with E-state index in [0.29, 0.717) is 45.7 Å². The van der Waals surface area contributed by atoms with Crippen LogP contribution >= 0.6 is 0 Å². The number of benzene rings is 3. The number of hydrogen-bond acceptors (Lipinski definition) is 4. The van der Waals surface area contributed by atoms with Crippen LogP contribution in [0.5, 0.6) is 0 Å². The zero-order chi connectivity index (χ0) is 23.1. The van der Waals surface area contributed by atoms with Crippen LogP contribution in [-0.4, -0.2) is 25.4 Å². The van der Waals surface area contributed by atoms with Crippen LogP contribution in [0.25, 0.3) is 33.5 Å². The summed E-state index contributed by atoms with van der Waals surface area (Å²) in [5.74, 6) is -0.103. The Morgan fingerprint density at radius 3 is 2.55 bits per heavy atom. The van der Waals surface area contributed by atoms with Gasteiger partial charge >= 0.3 is 11.1 Å². The summed E-state index contributed by atoms with van der Waals surface area (Å²) in [6.07, 6.45) is 0. The summed E-state index contributed by atoms with van der Waals surface area (Å²) in [6, 6.07) is 16.0. The lowest BCUT2D eigenvalue weighted by atomic mass is 10.1. The second-order valence-corrected chi connectivity index (χ2v) is 7.51. The third kappa shape index (κ3) is 3.69. The molecular weight excluding hydrogens is 425 g/mol. The van der Waals surface area contributed by atoms with Gasteiger partial charge in [-0.1, -0.05) is 0 Å². The van der Waals surface area contributed by atoms with Gasteiger partial charge < -0.3 is 19.9 Å². The Hall–Kier alpha value is -4.53. The monoisotopic (exact) mass is 443 g/mol. The molecule has 2 aromatic heterocycles. The highest BCUT2D eigenvalue weighted by Crippen LogP contribution is 2.23. The van der Waals surface area contributed by atoms with Crippen molar-refractivity contribution in [1.29, 1.82) is 0 Å². The van der Waals surface area contributed by atoms with Crippen molar-refractivity contribution < 1.29 is 9.18 Å². The SMILES string of the molecule is CCn1c(=O)c(=O)[nH]c2cc(C(=O)Nc3ccc4nc(-c5ccc(F)cc5)[nH]c4c3)ccc21. The van der Waals surface area contributed by atoms with E-state index in [0.717, 1.165) is 5.56 Å². The summed E-state index contributed by atoms with van der Waals surface area (Å²) in [6.45, 7) is 2.11. The molecule has 5 rings (SSSR count).